The molecular formula is C17H20F2N4O2. The molecule has 2 heterocycles. The van der Waals surface area contributed by atoms with Crippen LogP contribution < -0.4 is 5.32 Å². The quantitative estimate of drug-likeness (QED) is 0.897. The number of benzene rings is 1. The molecule has 1 aliphatic rings. The van der Waals surface area contributed by atoms with Crippen molar-refractivity contribution in [3.05, 3.63) is 35.7 Å². The van der Waals surface area contributed by atoms with Crippen molar-refractivity contribution >= 4 is 5.91 Å². The van der Waals surface area contributed by atoms with E-state index in [1.165, 1.54) is 6.07 Å². The second kappa shape index (κ2) is 6.87. The van der Waals surface area contributed by atoms with Gasteiger partial charge in [0.2, 0.25) is 17.6 Å². The molecule has 1 saturated heterocycles. The molecule has 134 valence electrons. The van der Waals surface area contributed by atoms with Crippen LogP contribution in [0.15, 0.2) is 22.7 Å². The number of amides is 1. The summed E-state index contributed by atoms with van der Waals surface area (Å²) in [4.78, 5) is 18.6. The van der Waals surface area contributed by atoms with Crippen molar-refractivity contribution in [1.29, 1.82) is 0 Å². The van der Waals surface area contributed by atoms with Crippen LogP contribution in [0.3, 0.4) is 0 Å². The Morgan fingerprint density at radius 1 is 1.36 bits per heavy atom. The van der Waals surface area contributed by atoms with Gasteiger partial charge < -0.3 is 9.84 Å². The molecule has 1 N–H and O–H groups in total. The summed E-state index contributed by atoms with van der Waals surface area (Å²) in [5.41, 5.74) is -0.300. The van der Waals surface area contributed by atoms with Crippen molar-refractivity contribution in [2.75, 3.05) is 13.1 Å². The number of rotatable bonds is 5. The van der Waals surface area contributed by atoms with Gasteiger partial charge in [-0.15, -0.1) is 0 Å². The Morgan fingerprint density at radius 3 is 2.88 bits per heavy atom. The molecule has 0 radical (unpaired) electrons. The molecule has 3 rings (SSSR count). The fraction of sp³-hybridized carbons (Fsp3) is 0.471. The summed E-state index contributed by atoms with van der Waals surface area (Å²) >= 11 is 0. The molecule has 1 fully saturated rings. The Bertz CT molecular complexity index is 780. The maximum atomic E-state index is 13.4. The molecule has 1 amide bonds. The lowest BCUT2D eigenvalue weighted by atomic mass is 9.90. The Kier molecular flexibility index (Phi) is 4.80. The monoisotopic (exact) mass is 350 g/mol. The normalized spacial score (nSPS) is 21.4. The van der Waals surface area contributed by atoms with Crippen LogP contribution in [-0.2, 0) is 11.3 Å². The summed E-state index contributed by atoms with van der Waals surface area (Å²) in [6, 6.07) is 3.44. The first-order valence-corrected chi connectivity index (χ1v) is 8.25. The van der Waals surface area contributed by atoms with Crippen LogP contribution in [0, 0.1) is 11.6 Å². The van der Waals surface area contributed by atoms with Gasteiger partial charge in [0, 0.05) is 18.7 Å². The van der Waals surface area contributed by atoms with E-state index in [1.807, 2.05) is 18.7 Å². The van der Waals surface area contributed by atoms with E-state index in [0.717, 1.165) is 18.6 Å². The summed E-state index contributed by atoms with van der Waals surface area (Å²) in [6.07, 6.45) is 1.58. The van der Waals surface area contributed by atoms with Crippen LogP contribution in [0.2, 0.25) is 0 Å². The Labute approximate surface area is 144 Å². The maximum Gasteiger partial charge on any atom is 0.241 e. The lowest BCUT2D eigenvalue weighted by Gasteiger charge is -2.42. The van der Waals surface area contributed by atoms with Gasteiger partial charge in [0.1, 0.15) is 0 Å². The largest absolute Gasteiger partial charge is 0.353 e. The minimum absolute atomic E-state index is 0.0130. The Balaban J connectivity index is 1.80. The number of carbonyl (C=O) groups excluding carboxylic acids is 1. The summed E-state index contributed by atoms with van der Waals surface area (Å²) in [6.45, 7) is 5.48. The number of carbonyl (C=O) groups is 1. The van der Waals surface area contributed by atoms with Gasteiger partial charge in [-0.2, -0.15) is 4.98 Å². The number of aromatic nitrogens is 2. The van der Waals surface area contributed by atoms with Crippen molar-refractivity contribution in [3.8, 4) is 11.4 Å². The lowest BCUT2D eigenvalue weighted by molar-refractivity contribution is -0.137. The van der Waals surface area contributed by atoms with E-state index in [1.54, 1.807) is 0 Å². The second-order valence-electron chi connectivity index (χ2n) is 6.34. The zero-order chi connectivity index (χ0) is 18.0. The highest BCUT2D eigenvalue weighted by Crippen LogP contribution is 2.26. The van der Waals surface area contributed by atoms with Gasteiger partial charge in [-0.05, 0) is 31.5 Å². The van der Waals surface area contributed by atoms with E-state index in [9.17, 15) is 13.6 Å². The fourth-order valence-electron chi connectivity index (χ4n) is 3.13. The molecule has 1 unspecified atom stereocenters. The van der Waals surface area contributed by atoms with E-state index in [2.05, 4.69) is 15.5 Å². The molecular weight excluding hydrogens is 330 g/mol. The van der Waals surface area contributed by atoms with Crippen molar-refractivity contribution < 1.29 is 18.1 Å². The summed E-state index contributed by atoms with van der Waals surface area (Å²) in [5.74, 6) is -1.39. The molecule has 0 spiro atoms. The minimum Gasteiger partial charge on any atom is -0.353 e. The van der Waals surface area contributed by atoms with E-state index in [0.29, 0.717) is 37.5 Å². The SMILES string of the molecule is CCCC1(C)C(=O)NCCN1Cc1nc(-c2ccc(F)c(F)c2)no1. The van der Waals surface area contributed by atoms with Crippen LogP contribution in [-0.4, -0.2) is 39.6 Å². The highest BCUT2D eigenvalue weighted by molar-refractivity contribution is 5.86. The maximum absolute atomic E-state index is 13.4. The smallest absolute Gasteiger partial charge is 0.241 e. The standard InChI is InChI=1S/C17H20F2N4O2/c1-3-6-17(2)16(24)20-7-8-23(17)10-14-21-15(22-25-14)11-4-5-12(18)13(19)9-11/h4-5,9H,3,6-8,10H2,1-2H3,(H,20,24). The van der Waals surface area contributed by atoms with Gasteiger partial charge in [-0.25, -0.2) is 8.78 Å². The molecule has 8 heteroatoms. The molecule has 1 aromatic heterocycles. The average Bonchev–Trinajstić information content (AvgIpc) is 3.04. The predicted octanol–water partition coefficient (Wildman–Crippen LogP) is 2.51. The average molecular weight is 350 g/mol. The molecule has 25 heavy (non-hydrogen) atoms. The van der Waals surface area contributed by atoms with Crippen LogP contribution in [0.1, 0.15) is 32.6 Å². The van der Waals surface area contributed by atoms with E-state index in [-0.39, 0.29) is 11.7 Å². The highest BCUT2D eigenvalue weighted by Gasteiger charge is 2.41. The molecule has 2 aromatic rings. The third kappa shape index (κ3) is 3.39. The third-order valence-electron chi connectivity index (χ3n) is 4.56. The van der Waals surface area contributed by atoms with E-state index < -0.39 is 17.2 Å². The van der Waals surface area contributed by atoms with Gasteiger partial charge in [-0.3, -0.25) is 9.69 Å². The lowest BCUT2D eigenvalue weighted by Crippen LogP contribution is -2.62. The van der Waals surface area contributed by atoms with Crippen molar-refractivity contribution in [1.82, 2.24) is 20.4 Å². The number of hydrogen-bond donors (Lipinski definition) is 1. The van der Waals surface area contributed by atoms with E-state index >= 15 is 0 Å². The molecule has 1 atom stereocenters. The Morgan fingerprint density at radius 2 is 2.16 bits per heavy atom. The molecule has 0 aliphatic carbocycles. The van der Waals surface area contributed by atoms with Gasteiger partial charge in [0.25, 0.3) is 0 Å². The number of nitrogens with zero attached hydrogens (tertiary/aromatic N) is 3. The van der Waals surface area contributed by atoms with Crippen molar-refractivity contribution in [3.63, 3.8) is 0 Å². The van der Waals surface area contributed by atoms with Crippen LogP contribution in [0.4, 0.5) is 8.78 Å². The first-order chi connectivity index (χ1) is 11.9. The highest BCUT2D eigenvalue weighted by atomic mass is 19.2. The number of halogens is 2. The molecule has 6 nitrogen and oxygen atoms in total. The van der Waals surface area contributed by atoms with Crippen molar-refractivity contribution in [2.45, 2.75) is 38.8 Å². The number of nitrogens with one attached hydrogen (secondary N) is 1. The van der Waals surface area contributed by atoms with Gasteiger partial charge in [0.15, 0.2) is 11.6 Å². The minimum atomic E-state index is -0.966. The van der Waals surface area contributed by atoms with Crippen molar-refractivity contribution in [2.24, 2.45) is 0 Å². The zero-order valence-electron chi connectivity index (χ0n) is 14.2. The van der Waals surface area contributed by atoms with Gasteiger partial charge in [0.05, 0.1) is 12.1 Å². The first-order valence-electron chi connectivity index (χ1n) is 8.25. The zero-order valence-corrected chi connectivity index (χ0v) is 14.2. The summed E-state index contributed by atoms with van der Waals surface area (Å²) < 4.78 is 31.6. The summed E-state index contributed by atoms with van der Waals surface area (Å²) in [5, 5.41) is 6.72. The van der Waals surface area contributed by atoms with Crippen LogP contribution >= 0.6 is 0 Å². The van der Waals surface area contributed by atoms with Gasteiger partial charge in [-0.1, -0.05) is 18.5 Å². The topological polar surface area (TPSA) is 71.3 Å². The molecule has 1 aromatic carbocycles. The summed E-state index contributed by atoms with van der Waals surface area (Å²) in [7, 11) is 0. The first kappa shape index (κ1) is 17.5. The third-order valence-corrected chi connectivity index (χ3v) is 4.56. The molecule has 0 saturated carbocycles. The Hall–Kier alpha value is -2.35. The molecule has 0 bridgehead atoms. The van der Waals surface area contributed by atoms with Crippen LogP contribution in [0.5, 0.6) is 0 Å². The second-order valence-corrected chi connectivity index (χ2v) is 6.34. The van der Waals surface area contributed by atoms with Gasteiger partial charge >= 0.3 is 0 Å². The molecule has 1 aliphatic heterocycles. The number of hydrogen-bond acceptors (Lipinski definition) is 5. The van der Waals surface area contributed by atoms with Crippen LogP contribution in [0.25, 0.3) is 11.4 Å². The number of piperazine rings is 1. The fourth-order valence-corrected chi connectivity index (χ4v) is 3.13. The van der Waals surface area contributed by atoms with E-state index in [4.69, 9.17) is 4.52 Å². The predicted molar refractivity (Wildman–Crippen MR) is 86.4 cm³/mol.